The Balaban J connectivity index is 1.87. The maximum Gasteiger partial charge on any atom is 0.242 e. The van der Waals surface area contributed by atoms with Gasteiger partial charge in [-0.2, -0.15) is 0 Å². The van der Waals surface area contributed by atoms with Crippen molar-refractivity contribution in [2.75, 3.05) is 27.3 Å². The third-order valence-corrected chi connectivity index (χ3v) is 7.79. The molecule has 1 fully saturated rings. The zero-order valence-corrected chi connectivity index (χ0v) is 18.9. The zero-order chi connectivity index (χ0) is 21.1. The van der Waals surface area contributed by atoms with Gasteiger partial charge in [0, 0.05) is 38.3 Å². The Bertz CT molecular complexity index is 968. The van der Waals surface area contributed by atoms with E-state index in [1.54, 1.807) is 24.3 Å². The van der Waals surface area contributed by atoms with E-state index in [2.05, 4.69) is 21.2 Å². The molecule has 0 radical (unpaired) electrons. The summed E-state index contributed by atoms with van der Waals surface area (Å²) in [7, 11) is -0.605. The van der Waals surface area contributed by atoms with Crippen molar-refractivity contribution < 1.29 is 17.9 Å². The van der Waals surface area contributed by atoms with Crippen molar-refractivity contribution in [3.63, 3.8) is 0 Å². The molecule has 1 aliphatic rings. The summed E-state index contributed by atoms with van der Waals surface area (Å²) in [5.74, 6) is -0.111. The molecule has 3 rings (SSSR count). The van der Waals surface area contributed by atoms with Crippen LogP contribution in [0.25, 0.3) is 0 Å². The molecule has 6 nitrogen and oxygen atoms in total. The molecule has 2 aromatic carbocycles. The minimum atomic E-state index is -3.60. The molecule has 0 saturated carbocycles. The summed E-state index contributed by atoms with van der Waals surface area (Å²) in [6.07, 6.45) is 1.16. The van der Waals surface area contributed by atoms with E-state index in [1.807, 2.05) is 24.3 Å². The van der Waals surface area contributed by atoms with Gasteiger partial charge in [-0.05, 0) is 42.2 Å². The molecule has 1 saturated heterocycles. The lowest BCUT2D eigenvalue weighted by Crippen LogP contribution is -2.47. The second-order valence-electron chi connectivity index (χ2n) is 7.28. The maximum atomic E-state index is 13.3. The van der Waals surface area contributed by atoms with Crippen molar-refractivity contribution in [1.29, 1.82) is 0 Å². The van der Waals surface area contributed by atoms with Crippen molar-refractivity contribution in [1.82, 2.24) is 9.62 Å². The molecule has 0 aromatic heterocycles. The highest BCUT2D eigenvalue weighted by atomic mass is 79.9. The van der Waals surface area contributed by atoms with Crippen LogP contribution in [0.3, 0.4) is 0 Å². The largest absolute Gasteiger partial charge is 0.381 e. The van der Waals surface area contributed by atoms with Crippen molar-refractivity contribution in [3.05, 3.63) is 64.1 Å². The molecule has 8 heteroatoms. The molecule has 29 heavy (non-hydrogen) atoms. The number of benzene rings is 2. The van der Waals surface area contributed by atoms with Gasteiger partial charge in [0.1, 0.15) is 0 Å². The average molecular weight is 481 g/mol. The normalized spacial score (nSPS) is 16.6. The Kier molecular flexibility index (Phi) is 6.78. The van der Waals surface area contributed by atoms with Crippen molar-refractivity contribution >= 4 is 31.9 Å². The van der Waals surface area contributed by atoms with E-state index in [0.717, 1.165) is 10.0 Å². The van der Waals surface area contributed by atoms with Crippen LogP contribution in [0.4, 0.5) is 0 Å². The van der Waals surface area contributed by atoms with Crippen molar-refractivity contribution in [2.45, 2.75) is 29.7 Å². The standard InChI is InChI=1S/C21H25BrN2O4S/c1-24(2)29(26,27)19-6-4-3-5-16(19)15-23-20(25)21(11-13-28-14-12-21)17-7-9-18(22)10-8-17/h3-10H,11-15H2,1-2H3,(H,23,25). The lowest BCUT2D eigenvalue weighted by atomic mass is 9.73. The van der Waals surface area contributed by atoms with E-state index < -0.39 is 15.4 Å². The van der Waals surface area contributed by atoms with E-state index in [9.17, 15) is 13.2 Å². The van der Waals surface area contributed by atoms with Crippen LogP contribution in [0.15, 0.2) is 57.9 Å². The SMILES string of the molecule is CN(C)S(=O)(=O)c1ccccc1CNC(=O)C1(c2ccc(Br)cc2)CCOCC1. The first kappa shape index (κ1) is 22.0. The van der Waals surface area contributed by atoms with Gasteiger partial charge in [0.25, 0.3) is 0 Å². The summed E-state index contributed by atoms with van der Waals surface area (Å²) in [6, 6.07) is 14.5. The van der Waals surface area contributed by atoms with Crippen LogP contribution in [0.2, 0.25) is 0 Å². The minimum Gasteiger partial charge on any atom is -0.381 e. The Labute approximate surface area is 180 Å². The summed E-state index contributed by atoms with van der Waals surface area (Å²) in [6.45, 7) is 1.16. The van der Waals surface area contributed by atoms with E-state index in [4.69, 9.17) is 4.74 Å². The Morgan fingerprint density at radius 1 is 1.10 bits per heavy atom. The molecule has 0 spiro atoms. The monoisotopic (exact) mass is 480 g/mol. The van der Waals surface area contributed by atoms with E-state index >= 15 is 0 Å². The quantitative estimate of drug-likeness (QED) is 0.689. The van der Waals surface area contributed by atoms with E-state index in [0.29, 0.717) is 31.6 Å². The fourth-order valence-electron chi connectivity index (χ4n) is 3.58. The lowest BCUT2D eigenvalue weighted by Gasteiger charge is -2.36. The number of ether oxygens (including phenoxy) is 1. The van der Waals surface area contributed by atoms with Gasteiger partial charge in [0.15, 0.2) is 0 Å². The van der Waals surface area contributed by atoms with Crippen LogP contribution in [0.1, 0.15) is 24.0 Å². The molecule has 0 unspecified atom stereocenters. The summed E-state index contributed by atoms with van der Waals surface area (Å²) in [5, 5.41) is 2.98. The summed E-state index contributed by atoms with van der Waals surface area (Å²) < 4.78 is 32.8. The molecule has 1 N–H and O–H groups in total. The number of nitrogens with zero attached hydrogens (tertiary/aromatic N) is 1. The molecule has 1 aliphatic heterocycles. The Hall–Kier alpha value is -1.74. The minimum absolute atomic E-state index is 0.111. The number of rotatable bonds is 6. The molecule has 0 aliphatic carbocycles. The van der Waals surface area contributed by atoms with Crippen molar-refractivity contribution in [2.24, 2.45) is 0 Å². The number of carbonyl (C=O) groups excluding carboxylic acids is 1. The fourth-order valence-corrected chi connectivity index (χ4v) is 4.96. The molecule has 156 valence electrons. The second kappa shape index (κ2) is 8.95. The van der Waals surface area contributed by atoms with Crippen LogP contribution >= 0.6 is 15.9 Å². The maximum absolute atomic E-state index is 13.3. The number of hydrogen-bond acceptors (Lipinski definition) is 4. The average Bonchev–Trinajstić information content (AvgIpc) is 2.73. The first-order valence-electron chi connectivity index (χ1n) is 9.40. The van der Waals surface area contributed by atoms with E-state index in [1.165, 1.54) is 18.4 Å². The molecular weight excluding hydrogens is 456 g/mol. The second-order valence-corrected chi connectivity index (χ2v) is 10.3. The predicted molar refractivity (Wildman–Crippen MR) is 115 cm³/mol. The Morgan fingerprint density at radius 2 is 1.72 bits per heavy atom. The van der Waals surface area contributed by atoms with Crippen LogP contribution < -0.4 is 5.32 Å². The van der Waals surface area contributed by atoms with Gasteiger partial charge >= 0.3 is 0 Å². The highest BCUT2D eigenvalue weighted by molar-refractivity contribution is 9.10. The zero-order valence-electron chi connectivity index (χ0n) is 16.5. The van der Waals surface area contributed by atoms with Crippen LogP contribution in [-0.4, -0.2) is 45.9 Å². The highest BCUT2D eigenvalue weighted by Crippen LogP contribution is 2.36. The fraction of sp³-hybridized carbons (Fsp3) is 0.381. The molecule has 2 aromatic rings. The van der Waals surface area contributed by atoms with E-state index in [-0.39, 0.29) is 17.3 Å². The number of amides is 1. The number of carbonyl (C=O) groups is 1. The van der Waals surface area contributed by atoms with Gasteiger partial charge in [-0.15, -0.1) is 0 Å². The van der Waals surface area contributed by atoms with Crippen LogP contribution in [0.5, 0.6) is 0 Å². The third kappa shape index (κ3) is 4.55. The van der Waals surface area contributed by atoms with Crippen LogP contribution in [0, 0.1) is 0 Å². The molecule has 1 heterocycles. The highest BCUT2D eigenvalue weighted by Gasteiger charge is 2.41. The van der Waals surface area contributed by atoms with Gasteiger partial charge in [-0.25, -0.2) is 12.7 Å². The van der Waals surface area contributed by atoms with Gasteiger partial charge in [0.05, 0.1) is 10.3 Å². The van der Waals surface area contributed by atoms with Crippen molar-refractivity contribution in [3.8, 4) is 0 Å². The number of sulfonamides is 1. The first-order valence-corrected chi connectivity index (χ1v) is 11.6. The molecule has 1 amide bonds. The molecular formula is C21H25BrN2O4S. The van der Waals surface area contributed by atoms with Gasteiger partial charge < -0.3 is 10.1 Å². The lowest BCUT2D eigenvalue weighted by molar-refractivity contribution is -0.130. The third-order valence-electron chi connectivity index (χ3n) is 5.35. The Morgan fingerprint density at radius 3 is 2.34 bits per heavy atom. The summed E-state index contributed by atoms with van der Waals surface area (Å²) >= 11 is 3.44. The number of hydrogen-bond donors (Lipinski definition) is 1. The smallest absolute Gasteiger partial charge is 0.242 e. The topological polar surface area (TPSA) is 75.7 Å². The van der Waals surface area contributed by atoms with Crippen LogP contribution in [-0.2, 0) is 31.5 Å². The first-order chi connectivity index (χ1) is 13.8. The molecule has 0 bridgehead atoms. The van der Waals surface area contributed by atoms with Gasteiger partial charge in [-0.1, -0.05) is 46.3 Å². The summed E-state index contributed by atoms with van der Waals surface area (Å²) in [5.41, 5.74) is 0.817. The number of halogens is 1. The predicted octanol–water partition coefficient (Wildman–Crippen LogP) is 3.06. The van der Waals surface area contributed by atoms with Gasteiger partial charge in [0.2, 0.25) is 15.9 Å². The molecule has 0 atom stereocenters. The summed E-state index contributed by atoms with van der Waals surface area (Å²) in [4.78, 5) is 13.5. The van der Waals surface area contributed by atoms with Gasteiger partial charge in [-0.3, -0.25) is 4.79 Å². The number of nitrogens with one attached hydrogen (secondary N) is 1.